The highest BCUT2D eigenvalue weighted by Crippen LogP contribution is 2.30. The molecule has 0 radical (unpaired) electrons. The van der Waals surface area contributed by atoms with E-state index >= 15 is 0 Å². The maximum absolute atomic E-state index is 14.4. The van der Waals surface area contributed by atoms with Crippen molar-refractivity contribution in [1.29, 1.82) is 0 Å². The molecule has 0 aliphatic rings. The molecular formula is C30H29FN2O4. The number of aryl methyl sites for hydroxylation is 1. The molecule has 190 valence electrons. The van der Waals surface area contributed by atoms with Crippen molar-refractivity contribution in [2.75, 3.05) is 14.2 Å². The highest BCUT2D eigenvalue weighted by Gasteiger charge is 2.17. The number of halogens is 1. The third kappa shape index (κ3) is 5.72. The van der Waals surface area contributed by atoms with Crippen LogP contribution >= 0.6 is 0 Å². The van der Waals surface area contributed by atoms with Gasteiger partial charge in [0.05, 0.1) is 20.3 Å². The number of fused-ring (bicyclic) bond motifs is 1. The van der Waals surface area contributed by atoms with Crippen LogP contribution in [0, 0.1) is 12.7 Å². The van der Waals surface area contributed by atoms with E-state index in [2.05, 4.69) is 10.6 Å². The normalized spacial score (nSPS) is 11.6. The van der Waals surface area contributed by atoms with E-state index in [1.165, 1.54) is 13.2 Å². The summed E-state index contributed by atoms with van der Waals surface area (Å²) in [4.78, 5) is 25.5. The highest BCUT2D eigenvalue weighted by molar-refractivity contribution is 5.99. The number of carbonyl (C=O) groups is 2. The molecule has 7 heteroatoms. The lowest BCUT2D eigenvalue weighted by atomic mass is 10.0. The Morgan fingerprint density at radius 3 is 2.27 bits per heavy atom. The average Bonchev–Trinajstić information content (AvgIpc) is 2.91. The minimum Gasteiger partial charge on any atom is -0.493 e. The van der Waals surface area contributed by atoms with E-state index in [1.807, 2.05) is 44.2 Å². The quantitative estimate of drug-likeness (QED) is 0.324. The van der Waals surface area contributed by atoms with Gasteiger partial charge in [-0.05, 0) is 60.2 Å². The number of benzene rings is 4. The maximum atomic E-state index is 14.4. The van der Waals surface area contributed by atoms with Gasteiger partial charge in [0.15, 0.2) is 11.5 Å². The molecule has 0 saturated heterocycles. The molecule has 0 saturated carbocycles. The molecule has 2 amide bonds. The third-order valence-corrected chi connectivity index (χ3v) is 6.33. The summed E-state index contributed by atoms with van der Waals surface area (Å²) >= 11 is 0. The Hall–Kier alpha value is -4.39. The van der Waals surface area contributed by atoms with Gasteiger partial charge in [-0.2, -0.15) is 0 Å². The highest BCUT2D eigenvalue weighted by atomic mass is 19.1. The number of hydrogen-bond donors (Lipinski definition) is 2. The predicted molar refractivity (Wildman–Crippen MR) is 142 cm³/mol. The second kappa shape index (κ2) is 11.1. The summed E-state index contributed by atoms with van der Waals surface area (Å²) < 4.78 is 25.0. The largest absolute Gasteiger partial charge is 0.493 e. The summed E-state index contributed by atoms with van der Waals surface area (Å²) in [6.45, 7) is 4.04. The molecule has 4 aromatic rings. The van der Waals surface area contributed by atoms with E-state index in [4.69, 9.17) is 9.47 Å². The van der Waals surface area contributed by atoms with Crippen molar-refractivity contribution < 1.29 is 23.5 Å². The Morgan fingerprint density at radius 2 is 1.57 bits per heavy atom. The molecule has 0 heterocycles. The number of methoxy groups -OCH3 is 2. The molecule has 0 aliphatic carbocycles. The van der Waals surface area contributed by atoms with Gasteiger partial charge in [-0.15, -0.1) is 0 Å². The van der Waals surface area contributed by atoms with E-state index in [-0.39, 0.29) is 23.4 Å². The SMILES string of the molecule is COc1cc(C)c(C(=O)NC(C)c2ccc(CNC(=O)c3cc(F)c4ccccc4c3)cc2)cc1OC. The van der Waals surface area contributed by atoms with Gasteiger partial charge in [0, 0.05) is 23.1 Å². The van der Waals surface area contributed by atoms with Gasteiger partial charge in [-0.1, -0.05) is 48.5 Å². The smallest absolute Gasteiger partial charge is 0.252 e. The second-order valence-electron chi connectivity index (χ2n) is 8.82. The van der Waals surface area contributed by atoms with Crippen molar-refractivity contribution in [1.82, 2.24) is 10.6 Å². The van der Waals surface area contributed by atoms with E-state index < -0.39 is 5.82 Å². The van der Waals surface area contributed by atoms with Crippen LogP contribution in [0.5, 0.6) is 11.5 Å². The Balaban J connectivity index is 1.38. The molecule has 0 bridgehead atoms. The van der Waals surface area contributed by atoms with Crippen LogP contribution in [-0.2, 0) is 6.54 Å². The van der Waals surface area contributed by atoms with Crippen molar-refractivity contribution in [3.8, 4) is 11.5 Å². The summed E-state index contributed by atoms with van der Waals surface area (Å²) in [6.07, 6.45) is 0. The van der Waals surface area contributed by atoms with Crippen molar-refractivity contribution >= 4 is 22.6 Å². The lowest BCUT2D eigenvalue weighted by Gasteiger charge is -2.17. The van der Waals surface area contributed by atoms with Crippen molar-refractivity contribution in [3.63, 3.8) is 0 Å². The Kier molecular flexibility index (Phi) is 7.72. The molecule has 0 fully saturated rings. The van der Waals surface area contributed by atoms with Gasteiger partial charge < -0.3 is 20.1 Å². The van der Waals surface area contributed by atoms with Crippen LogP contribution in [0.2, 0.25) is 0 Å². The first-order chi connectivity index (χ1) is 17.8. The topological polar surface area (TPSA) is 76.7 Å². The molecule has 4 rings (SSSR count). The Morgan fingerprint density at radius 1 is 0.892 bits per heavy atom. The van der Waals surface area contributed by atoms with Crippen molar-refractivity contribution in [2.24, 2.45) is 0 Å². The zero-order valence-corrected chi connectivity index (χ0v) is 21.2. The van der Waals surface area contributed by atoms with Gasteiger partial charge >= 0.3 is 0 Å². The maximum Gasteiger partial charge on any atom is 0.252 e. The number of amides is 2. The number of nitrogens with one attached hydrogen (secondary N) is 2. The van der Waals surface area contributed by atoms with Gasteiger partial charge in [0.1, 0.15) is 5.82 Å². The third-order valence-electron chi connectivity index (χ3n) is 6.33. The molecule has 1 unspecified atom stereocenters. The molecular weight excluding hydrogens is 471 g/mol. The molecule has 1 atom stereocenters. The van der Waals surface area contributed by atoms with Crippen LogP contribution in [0.1, 0.15) is 50.4 Å². The van der Waals surface area contributed by atoms with Gasteiger partial charge in [0.25, 0.3) is 11.8 Å². The van der Waals surface area contributed by atoms with Crippen LogP contribution in [-0.4, -0.2) is 26.0 Å². The predicted octanol–water partition coefficient (Wildman–Crippen LogP) is 5.73. The molecule has 37 heavy (non-hydrogen) atoms. The molecule has 2 N–H and O–H groups in total. The summed E-state index contributed by atoms with van der Waals surface area (Å²) in [5, 5.41) is 7.01. The van der Waals surface area contributed by atoms with Crippen LogP contribution in [0.3, 0.4) is 0 Å². The number of rotatable bonds is 8. The summed E-state index contributed by atoms with van der Waals surface area (Å²) in [6, 6.07) is 20.8. The monoisotopic (exact) mass is 500 g/mol. The second-order valence-corrected chi connectivity index (χ2v) is 8.82. The first-order valence-corrected chi connectivity index (χ1v) is 11.9. The summed E-state index contributed by atoms with van der Waals surface area (Å²) in [5.41, 5.74) is 3.36. The van der Waals surface area contributed by atoms with E-state index in [9.17, 15) is 14.0 Å². The van der Waals surface area contributed by atoms with Crippen molar-refractivity contribution in [3.05, 3.63) is 106 Å². The standard InChI is InChI=1S/C30H29FN2O4/c1-18-13-27(36-3)28(37-4)16-25(18)30(35)33-19(2)21-11-9-20(10-12-21)17-32-29(34)23-14-22-7-5-6-8-24(22)26(31)15-23/h5-16,19H,17H2,1-4H3,(H,32,34)(H,33,35). The zero-order chi connectivity index (χ0) is 26.5. The molecule has 0 aromatic heterocycles. The fraction of sp³-hybridized carbons (Fsp3) is 0.200. The number of carbonyl (C=O) groups excluding carboxylic acids is 2. The molecule has 0 spiro atoms. The first-order valence-electron chi connectivity index (χ1n) is 11.9. The number of hydrogen-bond acceptors (Lipinski definition) is 4. The van der Waals surface area contributed by atoms with Crippen molar-refractivity contribution in [2.45, 2.75) is 26.4 Å². The fourth-order valence-electron chi connectivity index (χ4n) is 4.19. The minimum atomic E-state index is -0.424. The van der Waals surface area contributed by atoms with Crippen LogP contribution in [0.4, 0.5) is 4.39 Å². The molecule has 0 aliphatic heterocycles. The van der Waals surface area contributed by atoms with Gasteiger partial charge in [-0.25, -0.2) is 4.39 Å². The van der Waals surface area contributed by atoms with Gasteiger partial charge in [0.2, 0.25) is 0 Å². The van der Waals surface area contributed by atoms with Crippen LogP contribution in [0.15, 0.2) is 72.8 Å². The minimum absolute atomic E-state index is 0.218. The number of ether oxygens (including phenoxy) is 2. The average molecular weight is 501 g/mol. The molecule has 4 aromatic carbocycles. The lowest BCUT2D eigenvalue weighted by molar-refractivity contribution is 0.0934. The fourth-order valence-corrected chi connectivity index (χ4v) is 4.19. The summed E-state index contributed by atoms with van der Waals surface area (Å²) in [5.74, 6) is 0.0678. The lowest BCUT2D eigenvalue weighted by Crippen LogP contribution is -2.27. The first kappa shape index (κ1) is 25.7. The van der Waals surface area contributed by atoms with Crippen LogP contribution in [0.25, 0.3) is 10.8 Å². The Bertz CT molecular complexity index is 1450. The molecule has 6 nitrogen and oxygen atoms in total. The van der Waals surface area contributed by atoms with Crippen LogP contribution < -0.4 is 20.1 Å². The van der Waals surface area contributed by atoms with E-state index in [1.54, 1.807) is 43.5 Å². The van der Waals surface area contributed by atoms with Gasteiger partial charge in [-0.3, -0.25) is 9.59 Å². The summed E-state index contributed by atoms with van der Waals surface area (Å²) in [7, 11) is 3.08. The van der Waals surface area contributed by atoms with E-state index in [0.717, 1.165) is 16.7 Å². The van der Waals surface area contributed by atoms with E-state index in [0.29, 0.717) is 34.4 Å². The zero-order valence-electron chi connectivity index (χ0n) is 21.2. The Labute approximate surface area is 215 Å².